The summed E-state index contributed by atoms with van der Waals surface area (Å²) in [6.07, 6.45) is 0. The molecule has 0 aliphatic rings. The summed E-state index contributed by atoms with van der Waals surface area (Å²) < 4.78 is 6.32. The number of nitrogens with two attached hydrogens (primary N) is 1. The summed E-state index contributed by atoms with van der Waals surface area (Å²) in [6.45, 7) is 4.37. The van der Waals surface area contributed by atoms with E-state index in [0.29, 0.717) is 23.6 Å². The van der Waals surface area contributed by atoms with Gasteiger partial charge in [-0.1, -0.05) is 15.9 Å². The van der Waals surface area contributed by atoms with Crippen LogP contribution in [0.3, 0.4) is 0 Å². The summed E-state index contributed by atoms with van der Waals surface area (Å²) >= 11 is 3.41. The Morgan fingerprint density at radius 3 is 2.67 bits per heavy atom. The Morgan fingerprint density at radius 2 is 2.00 bits per heavy atom. The second-order valence-corrected chi connectivity index (χ2v) is 5.61. The number of anilines is 2. The summed E-state index contributed by atoms with van der Waals surface area (Å²) in [5, 5.41) is 2.86. The Balaban J connectivity index is 2.23. The standard InChI is InChI=1S/C16H17BrN2O2/c1-3-21-15-7-11(6-13(18)9-15)16(20)19-14-5-10(2)4-12(17)8-14/h4-9H,3,18H2,1-2H3,(H,19,20). The lowest BCUT2D eigenvalue weighted by atomic mass is 10.1. The summed E-state index contributed by atoms with van der Waals surface area (Å²) in [7, 11) is 0. The van der Waals surface area contributed by atoms with Crippen LogP contribution < -0.4 is 15.8 Å². The van der Waals surface area contributed by atoms with Gasteiger partial charge < -0.3 is 15.8 Å². The molecule has 0 bridgehead atoms. The normalized spacial score (nSPS) is 10.2. The van der Waals surface area contributed by atoms with Crippen molar-refractivity contribution < 1.29 is 9.53 Å². The first-order valence-corrected chi connectivity index (χ1v) is 7.39. The van der Waals surface area contributed by atoms with E-state index in [4.69, 9.17) is 10.5 Å². The van der Waals surface area contributed by atoms with E-state index in [0.717, 1.165) is 15.7 Å². The first-order valence-electron chi connectivity index (χ1n) is 6.60. The molecule has 0 fully saturated rings. The quantitative estimate of drug-likeness (QED) is 0.821. The highest BCUT2D eigenvalue weighted by atomic mass is 79.9. The molecule has 0 saturated carbocycles. The Kier molecular flexibility index (Phi) is 4.85. The lowest BCUT2D eigenvalue weighted by Crippen LogP contribution is -2.12. The molecule has 1 amide bonds. The number of nitrogen functional groups attached to an aromatic ring is 1. The molecule has 0 heterocycles. The van der Waals surface area contributed by atoms with Gasteiger partial charge in [0.15, 0.2) is 0 Å². The van der Waals surface area contributed by atoms with Crippen LogP contribution in [0.1, 0.15) is 22.8 Å². The van der Waals surface area contributed by atoms with Crippen LogP contribution >= 0.6 is 15.9 Å². The molecule has 110 valence electrons. The van der Waals surface area contributed by atoms with Crippen molar-refractivity contribution in [1.29, 1.82) is 0 Å². The second-order valence-electron chi connectivity index (χ2n) is 4.70. The van der Waals surface area contributed by atoms with Crippen LogP contribution in [-0.2, 0) is 0 Å². The average Bonchev–Trinajstić information content (AvgIpc) is 2.37. The maximum Gasteiger partial charge on any atom is 0.255 e. The van der Waals surface area contributed by atoms with Crippen LogP contribution in [0.5, 0.6) is 5.75 Å². The second kappa shape index (κ2) is 6.63. The number of benzene rings is 2. The van der Waals surface area contributed by atoms with Crippen LogP contribution in [0.15, 0.2) is 40.9 Å². The zero-order chi connectivity index (χ0) is 15.4. The maximum absolute atomic E-state index is 12.3. The smallest absolute Gasteiger partial charge is 0.255 e. The number of rotatable bonds is 4. The van der Waals surface area contributed by atoms with Crippen molar-refractivity contribution in [1.82, 2.24) is 0 Å². The van der Waals surface area contributed by atoms with E-state index >= 15 is 0 Å². The average molecular weight is 349 g/mol. The molecule has 2 aromatic rings. The van der Waals surface area contributed by atoms with Gasteiger partial charge in [-0.25, -0.2) is 0 Å². The molecule has 5 heteroatoms. The minimum atomic E-state index is -0.222. The van der Waals surface area contributed by atoms with E-state index < -0.39 is 0 Å². The van der Waals surface area contributed by atoms with E-state index in [-0.39, 0.29) is 5.91 Å². The number of amides is 1. The fourth-order valence-corrected chi connectivity index (χ4v) is 2.62. The Bertz CT molecular complexity index is 651. The van der Waals surface area contributed by atoms with E-state index in [9.17, 15) is 4.79 Å². The third kappa shape index (κ3) is 4.23. The molecule has 3 N–H and O–H groups in total. The molecule has 0 aliphatic heterocycles. The minimum absolute atomic E-state index is 0.222. The van der Waals surface area contributed by atoms with Crippen molar-refractivity contribution in [3.63, 3.8) is 0 Å². The van der Waals surface area contributed by atoms with Crippen LogP contribution in [0, 0.1) is 6.92 Å². The van der Waals surface area contributed by atoms with Gasteiger partial charge in [-0.2, -0.15) is 0 Å². The molecular weight excluding hydrogens is 332 g/mol. The van der Waals surface area contributed by atoms with Gasteiger partial charge >= 0.3 is 0 Å². The van der Waals surface area contributed by atoms with Gasteiger partial charge in [0.25, 0.3) is 5.91 Å². The highest BCUT2D eigenvalue weighted by molar-refractivity contribution is 9.10. The fraction of sp³-hybridized carbons (Fsp3) is 0.188. The number of carbonyl (C=O) groups is 1. The number of hydrogen-bond donors (Lipinski definition) is 2. The number of carbonyl (C=O) groups excluding carboxylic acids is 1. The van der Waals surface area contributed by atoms with Crippen molar-refractivity contribution in [2.24, 2.45) is 0 Å². The van der Waals surface area contributed by atoms with E-state index in [1.54, 1.807) is 18.2 Å². The predicted octanol–water partition coefficient (Wildman–Crippen LogP) is 3.99. The van der Waals surface area contributed by atoms with E-state index in [1.165, 1.54) is 0 Å². The first kappa shape index (κ1) is 15.4. The summed E-state index contributed by atoms with van der Waals surface area (Å²) in [4.78, 5) is 12.3. The van der Waals surface area contributed by atoms with Gasteiger partial charge in [0, 0.05) is 27.5 Å². The van der Waals surface area contributed by atoms with Crippen LogP contribution in [0.4, 0.5) is 11.4 Å². The third-order valence-corrected chi connectivity index (χ3v) is 3.26. The van der Waals surface area contributed by atoms with Crippen LogP contribution in [-0.4, -0.2) is 12.5 Å². The summed E-state index contributed by atoms with van der Waals surface area (Å²) in [5.74, 6) is 0.369. The molecule has 0 unspecified atom stereocenters. The number of aryl methyl sites for hydroxylation is 1. The fourth-order valence-electron chi connectivity index (χ4n) is 2.01. The monoisotopic (exact) mass is 348 g/mol. The van der Waals surface area contributed by atoms with E-state index in [1.807, 2.05) is 32.0 Å². The van der Waals surface area contributed by atoms with Crippen molar-refractivity contribution in [3.05, 3.63) is 52.0 Å². The van der Waals surface area contributed by atoms with Crippen molar-refractivity contribution in [2.75, 3.05) is 17.7 Å². The molecule has 4 nitrogen and oxygen atoms in total. The zero-order valence-electron chi connectivity index (χ0n) is 11.9. The molecule has 0 spiro atoms. The van der Waals surface area contributed by atoms with Gasteiger partial charge in [0.2, 0.25) is 0 Å². The summed E-state index contributed by atoms with van der Waals surface area (Å²) in [5.41, 5.74) is 8.55. The molecule has 0 saturated heterocycles. The molecule has 2 aromatic carbocycles. The van der Waals surface area contributed by atoms with Crippen LogP contribution in [0.25, 0.3) is 0 Å². The third-order valence-electron chi connectivity index (χ3n) is 2.80. The number of ether oxygens (including phenoxy) is 1. The lowest BCUT2D eigenvalue weighted by molar-refractivity contribution is 0.102. The molecule has 0 aliphatic carbocycles. The zero-order valence-corrected chi connectivity index (χ0v) is 13.5. The van der Waals surface area contributed by atoms with Crippen molar-refractivity contribution >= 4 is 33.2 Å². The van der Waals surface area contributed by atoms with Crippen molar-refractivity contribution in [3.8, 4) is 5.75 Å². The lowest BCUT2D eigenvalue weighted by Gasteiger charge is -2.10. The topological polar surface area (TPSA) is 64.3 Å². The molecule has 0 radical (unpaired) electrons. The molecule has 0 aromatic heterocycles. The molecule has 0 atom stereocenters. The first-order chi connectivity index (χ1) is 9.97. The minimum Gasteiger partial charge on any atom is -0.494 e. The van der Waals surface area contributed by atoms with E-state index in [2.05, 4.69) is 21.2 Å². The number of halogens is 1. The largest absolute Gasteiger partial charge is 0.494 e. The predicted molar refractivity (Wildman–Crippen MR) is 88.9 cm³/mol. The van der Waals surface area contributed by atoms with Crippen LogP contribution in [0.2, 0.25) is 0 Å². The molecule has 2 rings (SSSR count). The highest BCUT2D eigenvalue weighted by Gasteiger charge is 2.09. The maximum atomic E-state index is 12.3. The van der Waals surface area contributed by atoms with Crippen molar-refractivity contribution in [2.45, 2.75) is 13.8 Å². The van der Waals surface area contributed by atoms with Gasteiger partial charge in [-0.05, 0) is 49.7 Å². The van der Waals surface area contributed by atoms with Gasteiger partial charge in [0.1, 0.15) is 5.75 Å². The molecule has 21 heavy (non-hydrogen) atoms. The van der Waals surface area contributed by atoms with Gasteiger partial charge in [0.05, 0.1) is 6.61 Å². The number of hydrogen-bond acceptors (Lipinski definition) is 3. The number of nitrogens with one attached hydrogen (secondary N) is 1. The summed E-state index contributed by atoms with van der Waals surface area (Å²) in [6, 6.07) is 10.7. The Labute approximate surface area is 132 Å². The molecular formula is C16H17BrN2O2. The Hall–Kier alpha value is -2.01. The van der Waals surface area contributed by atoms with Gasteiger partial charge in [-0.3, -0.25) is 4.79 Å². The Morgan fingerprint density at radius 1 is 1.24 bits per heavy atom. The SMILES string of the molecule is CCOc1cc(N)cc(C(=O)Nc2cc(C)cc(Br)c2)c1. The van der Waals surface area contributed by atoms with Gasteiger partial charge in [-0.15, -0.1) is 0 Å². The highest BCUT2D eigenvalue weighted by Crippen LogP contribution is 2.22.